The van der Waals surface area contributed by atoms with Gasteiger partial charge in [0.15, 0.2) is 0 Å². The highest BCUT2D eigenvalue weighted by Crippen LogP contribution is 2.24. The van der Waals surface area contributed by atoms with Crippen LogP contribution in [0.25, 0.3) is 0 Å². The van der Waals surface area contributed by atoms with Gasteiger partial charge in [-0.15, -0.1) is 0 Å². The van der Waals surface area contributed by atoms with Gasteiger partial charge < -0.3 is 20.5 Å². The number of nitrogens with one attached hydrogen (secondary N) is 1. The third kappa shape index (κ3) is 2.87. The molecule has 1 amide bonds. The van der Waals surface area contributed by atoms with E-state index in [0.29, 0.717) is 17.1 Å². The number of anilines is 2. The van der Waals surface area contributed by atoms with Gasteiger partial charge in [-0.25, -0.2) is 0 Å². The molecular weight excluding hydrogens is 208 g/mol. The summed E-state index contributed by atoms with van der Waals surface area (Å²) in [6.07, 6.45) is -0.512. The van der Waals surface area contributed by atoms with E-state index in [1.54, 1.807) is 32.2 Å². The molecule has 0 fully saturated rings. The largest absolute Gasteiger partial charge is 0.497 e. The van der Waals surface area contributed by atoms with E-state index in [4.69, 9.17) is 15.2 Å². The van der Waals surface area contributed by atoms with Gasteiger partial charge in [0.2, 0.25) is 0 Å². The van der Waals surface area contributed by atoms with Crippen LogP contribution in [0.5, 0.6) is 5.75 Å². The molecule has 0 saturated heterocycles. The van der Waals surface area contributed by atoms with Crippen LogP contribution in [0.4, 0.5) is 11.4 Å². The van der Waals surface area contributed by atoms with E-state index < -0.39 is 6.10 Å². The Bertz CT molecular complexity index is 379. The number of hydrogen-bond acceptors (Lipinski definition) is 4. The minimum Gasteiger partial charge on any atom is -0.497 e. The molecule has 3 N–H and O–H groups in total. The summed E-state index contributed by atoms with van der Waals surface area (Å²) in [5, 5.41) is 2.67. The highest BCUT2D eigenvalue weighted by molar-refractivity contribution is 5.96. The molecule has 0 bridgehead atoms. The summed E-state index contributed by atoms with van der Waals surface area (Å²) in [4.78, 5) is 11.5. The van der Waals surface area contributed by atoms with E-state index in [0.717, 1.165) is 0 Å². The van der Waals surface area contributed by atoms with Gasteiger partial charge in [-0.3, -0.25) is 4.79 Å². The van der Waals surface area contributed by atoms with Crippen molar-refractivity contribution in [1.82, 2.24) is 0 Å². The summed E-state index contributed by atoms with van der Waals surface area (Å²) < 4.78 is 9.90. The van der Waals surface area contributed by atoms with Crippen LogP contribution in [0.15, 0.2) is 18.2 Å². The van der Waals surface area contributed by atoms with Crippen LogP contribution in [-0.2, 0) is 9.53 Å². The van der Waals surface area contributed by atoms with E-state index in [2.05, 4.69) is 5.32 Å². The van der Waals surface area contributed by atoms with Crippen molar-refractivity contribution in [2.75, 3.05) is 25.3 Å². The number of hydrogen-bond donors (Lipinski definition) is 2. The first-order valence-electron chi connectivity index (χ1n) is 4.85. The summed E-state index contributed by atoms with van der Waals surface area (Å²) in [5.41, 5.74) is 6.76. The summed E-state index contributed by atoms with van der Waals surface area (Å²) in [7, 11) is 3.03. The molecule has 0 radical (unpaired) electrons. The second-order valence-electron chi connectivity index (χ2n) is 3.32. The lowest BCUT2D eigenvalue weighted by Gasteiger charge is -2.12. The maximum atomic E-state index is 11.5. The third-order valence-electron chi connectivity index (χ3n) is 2.24. The van der Waals surface area contributed by atoms with Crippen molar-refractivity contribution in [3.63, 3.8) is 0 Å². The normalized spacial score (nSPS) is 11.9. The average Bonchev–Trinajstić information content (AvgIpc) is 2.30. The molecule has 1 rings (SSSR count). The molecule has 1 aromatic carbocycles. The Morgan fingerprint density at radius 1 is 1.44 bits per heavy atom. The van der Waals surface area contributed by atoms with Crippen molar-refractivity contribution in [3.8, 4) is 5.75 Å². The molecule has 5 heteroatoms. The second kappa shape index (κ2) is 5.37. The molecule has 0 aromatic heterocycles. The lowest BCUT2D eigenvalue weighted by atomic mass is 10.2. The Morgan fingerprint density at radius 3 is 2.62 bits per heavy atom. The Labute approximate surface area is 94.5 Å². The molecule has 0 aliphatic heterocycles. The SMILES string of the molecule is COc1ccc(NC(=O)C(C)OC)c(N)c1. The Morgan fingerprint density at radius 2 is 2.12 bits per heavy atom. The lowest BCUT2D eigenvalue weighted by molar-refractivity contribution is -0.124. The lowest BCUT2D eigenvalue weighted by Crippen LogP contribution is -2.26. The maximum Gasteiger partial charge on any atom is 0.253 e. The predicted molar refractivity (Wildman–Crippen MR) is 62.5 cm³/mol. The Kier molecular flexibility index (Phi) is 4.13. The zero-order valence-electron chi connectivity index (χ0n) is 9.61. The van der Waals surface area contributed by atoms with Gasteiger partial charge in [-0.05, 0) is 19.1 Å². The number of amides is 1. The zero-order valence-corrected chi connectivity index (χ0v) is 9.61. The fourth-order valence-electron chi connectivity index (χ4n) is 1.12. The number of nitrogen functional groups attached to an aromatic ring is 1. The maximum absolute atomic E-state index is 11.5. The third-order valence-corrected chi connectivity index (χ3v) is 2.24. The molecule has 0 aliphatic rings. The van der Waals surface area contributed by atoms with E-state index in [-0.39, 0.29) is 5.91 Å². The molecule has 0 aliphatic carbocycles. The molecule has 1 aromatic rings. The second-order valence-corrected chi connectivity index (χ2v) is 3.32. The number of carbonyl (C=O) groups excluding carboxylic acids is 1. The van der Waals surface area contributed by atoms with Crippen LogP contribution < -0.4 is 15.8 Å². The van der Waals surface area contributed by atoms with Gasteiger partial charge in [-0.2, -0.15) is 0 Å². The molecule has 88 valence electrons. The smallest absolute Gasteiger partial charge is 0.253 e. The van der Waals surface area contributed by atoms with E-state index in [9.17, 15) is 4.79 Å². The van der Waals surface area contributed by atoms with Crippen LogP contribution >= 0.6 is 0 Å². The van der Waals surface area contributed by atoms with Crippen molar-refractivity contribution in [1.29, 1.82) is 0 Å². The predicted octanol–water partition coefficient (Wildman–Crippen LogP) is 1.25. The molecule has 0 heterocycles. The minimum atomic E-state index is -0.512. The first kappa shape index (κ1) is 12.3. The number of carbonyl (C=O) groups is 1. The molecule has 1 unspecified atom stereocenters. The number of ether oxygens (including phenoxy) is 2. The standard InChI is InChI=1S/C11H16N2O3/c1-7(15-2)11(14)13-10-5-4-8(16-3)6-9(10)12/h4-7H,12H2,1-3H3,(H,13,14). The molecular formula is C11H16N2O3. The minimum absolute atomic E-state index is 0.237. The van der Waals surface area contributed by atoms with Crippen molar-refractivity contribution >= 4 is 17.3 Å². The molecule has 16 heavy (non-hydrogen) atoms. The van der Waals surface area contributed by atoms with Crippen molar-refractivity contribution in [2.24, 2.45) is 0 Å². The molecule has 1 atom stereocenters. The van der Waals surface area contributed by atoms with Crippen molar-refractivity contribution < 1.29 is 14.3 Å². The van der Waals surface area contributed by atoms with Crippen LogP contribution in [0.3, 0.4) is 0 Å². The van der Waals surface area contributed by atoms with Crippen molar-refractivity contribution in [3.05, 3.63) is 18.2 Å². The summed E-state index contributed by atoms with van der Waals surface area (Å²) in [6.45, 7) is 1.66. The monoisotopic (exact) mass is 224 g/mol. The van der Waals surface area contributed by atoms with E-state index >= 15 is 0 Å². The number of methoxy groups -OCH3 is 2. The Balaban J connectivity index is 2.78. The van der Waals surface area contributed by atoms with Gasteiger partial charge in [0, 0.05) is 13.2 Å². The number of rotatable bonds is 4. The summed E-state index contributed by atoms with van der Waals surface area (Å²) in [6, 6.07) is 5.06. The van der Waals surface area contributed by atoms with E-state index in [1.807, 2.05) is 0 Å². The number of nitrogens with two attached hydrogens (primary N) is 1. The summed E-state index contributed by atoms with van der Waals surface area (Å²) in [5.74, 6) is 0.412. The molecule has 5 nitrogen and oxygen atoms in total. The zero-order chi connectivity index (χ0) is 12.1. The number of benzene rings is 1. The Hall–Kier alpha value is -1.75. The van der Waals surface area contributed by atoms with Crippen molar-refractivity contribution in [2.45, 2.75) is 13.0 Å². The van der Waals surface area contributed by atoms with Crippen LogP contribution in [0.1, 0.15) is 6.92 Å². The summed E-state index contributed by atoms with van der Waals surface area (Å²) >= 11 is 0. The van der Waals surface area contributed by atoms with Gasteiger partial charge in [0.25, 0.3) is 5.91 Å². The average molecular weight is 224 g/mol. The van der Waals surface area contributed by atoms with Crippen LogP contribution in [0.2, 0.25) is 0 Å². The van der Waals surface area contributed by atoms with Gasteiger partial charge >= 0.3 is 0 Å². The quantitative estimate of drug-likeness (QED) is 0.755. The van der Waals surface area contributed by atoms with Crippen LogP contribution in [0, 0.1) is 0 Å². The topological polar surface area (TPSA) is 73.6 Å². The fourth-order valence-corrected chi connectivity index (χ4v) is 1.12. The fraction of sp³-hybridized carbons (Fsp3) is 0.364. The first-order chi connectivity index (χ1) is 7.58. The van der Waals surface area contributed by atoms with Crippen LogP contribution in [-0.4, -0.2) is 26.2 Å². The highest BCUT2D eigenvalue weighted by atomic mass is 16.5. The van der Waals surface area contributed by atoms with E-state index in [1.165, 1.54) is 7.11 Å². The van der Waals surface area contributed by atoms with Gasteiger partial charge in [0.1, 0.15) is 11.9 Å². The molecule has 0 saturated carbocycles. The first-order valence-corrected chi connectivity index (χ1v) is 4.85. The van der Waals surface area contributed by atoms with Gasteiger partial charge in [0.05, 0.1) is 18.5 Å². The molecule has 0 spiro atoms. The van der Waals surface area contributed by atoms with Gasteiger partial charge in [-0.1, -0.05) is 0 Å². The highest BCUT2D eigenvalue weighted by Gasteiger charge is 2.12.